The van der Waals surface area contributed by atoms with Crippen LogP contribution in [0.15, 0.2) is 29.0 Å². The van der Waals surface area contributed by atoms with E-state index in [1.165, 1.54) is 33.4 Å². The van der Waals surface area contributed by atoms with Gasteiger partial charge in [0.25, 0.3) is 33.1 Å². The van der Waals surface area contributed by atoms with E-state index in [1.54, 1.807) is 7.05 Å². The van der Waals surface area contributed by atoms with Crippen molar-refractivity contribution in [2.45, 2.75) is 61.3 Å². The van der Waals surface area contributed by atoms with Gasteiger partial charge in [-0.25, -0.2) is 18.3 Å². The Kier molecular flexibility index (Phi) is 14.6. The third-order valence-corrected chi connectivity index (χ3v) is 12.4. The van der Waals surface area contributed by atoms with Gasteiger partial charge in [0.15, 0.2) is 18.3 Å². The largest absolute Gasteiger partial charge is 0.756 e. The molecule has 2 fully saturated rings. The van der Waals surface area contributed by atoms with Crippen molar-refractivity contribution in [1.82, 2.24) is 24.4 Å². The lowest BCUT2D eigenvalue weighted by atomic mass is 10.1. The average molecular weight is 999 g/mol. The molecule has 33 nitrogen and oxygen atoms in total. The number of rotatable bonds is 19. The Bertz CT molecular complexity index is 2540. The number of ether oxygens (including phenoxy) is 2. The molecule has 6 heterocycles. The molecule has 14 atom stereocenters. The predicted octanol–water partition coefficient (Wildman–Crippen LogP) is -6.82. The molecule has 0 aromatic carbocycles. The smallest absolute Gasteiger partial charge is 0.472 e. The predicted molar refractivity (Wildman–Crippen MR) is 200 cm³/mol. The molecule has 3 aromatic rings. The van der Waals surface area contributed by atoms with Crippen molar-refractivity contribution in [2.24, 2.45) is 24.8 Å². The van der Waals surface area contributed by atoms with E-state index in [2.05, 4.69) is 45.0 Å². The molecule has 0 saturated carbocycles. The van der Waals surface area contributed by atoms with Crippen molar-refractivity contribution in [1.29, 1.82) is 0 Å². The maximum absolute atomic E-state index is 12.9. The number of phosphoric acid groups is 4. The number of aryl methyl sites for hydroxylation is 2. The number of nitrogens with two attached hydrogens (primary N) is 2. The summed E-state index contributed by atoms with van der Waals surface area (Å²) in [6.45, 7) is -1.46. The zero-order chi connectivity index (χ0) is 47.4. The maximum atomic E-state index is 12.9. The fourth-order valence-corrected chi connectivity index (χ4v) is 9.29. The zero-order valence-corrected chi connectivity index (χ0v) is 36.4. The molecule has 14 N–H and O–H groups in total. The van der Waals surface area contributed by atoms with Crippen LogP contribution in [-0.4, -0.2) is 140 Å². The van der Waals surface area contributed by atoms with E-state index in [9.17, 15) is 72.8 Å². The first-order valence-corrected chi connectivity index (χ1v) is 23.9. The fraction of sp³-hybridized carbons (Fsp3) is 0.593. The third-order valence-electron chi connectivity index (χ3n) is 9.47. The summed E-state index contributed by atoms with van der Waals surface area (Å²) < 4.78 is 93.4. The molecule has 0 amide bonds. The summed E-state index contributed by atoms with van der Waals surface area (Å²) in [6, 6.07) is 0. The van der Waals surface area contributed by atoms with E-state index in [4.69, 9.17) is 30.0 Å². The minimum absolute atomic E-state index is 0.0198. The number of hydrogen-bond acceptors (Lipinski definition) is 24. The number of guanidine groups is 1. The summed E-state index contributed by atoms with van der Waals surface area (Å²) in [5.41, 5.74) is 11.4. The van der Waals surface area contributed by atoms with Crippen LogP contribution in [0.1, 0.15) is 18.1 Å². The number of aliphatic imine (C=N–C) groups is 1. The maximum Gasteiger partial charge on any atom is 0.472 e. The minimum atomic E-state index is -6.01. The lowest BCUT2D eigenvalue weighted by Crippen LogP contribution is -2.46. The Hall–Kier alpha value is -3.43. The molecule has 3 aliphatic rings. The van der Waals surface area contributed by atoms with Gasteiger partial charge in [-0.1, -0.05) is 16.6 Å². The molecular formula is C27H42N10O23P4. The summed E-state index contributed by atoms with van der Waals surface area (Å²) in [5.74, 6) is -0.225. The first kappa shape index (κ1) is 50.0. The van der Waals surface area contributed by atoms with Crippen molar-refractivity contribution < 1.29 is 114 Å². The molecule has 2 saturated heterocycles. The van der Waals surface area contributed by atoms with Gasteiger partial charge in [-0.05, 0) is 0 Å². The lowest BCUT2D eigenvalue weighted by molar-refractivity contribution is -0.754. The van der Waals surface area contributed by atoms with Gasteiger partial charge in [-0.2, -0.15) is 0 Å². The number of aromatic nitrogens is 6. The van der Waals surface area contributed by atoms with Crippen LogP contribution in [0.4, 0.5) is 11.8 Å². The van der Waals surface area contributed by atoms with Crippen LogP contribution < -0.4 is 41.3 Å². The summed E-state index contributed by atoms with van der Waals surface area (Å²) in [7, 11) is -19.9. The number of fused-ring (bicyclic) bond motifs is 2. The summed E-state index contributed by atoms with van der Waals surface area (Å²) in [5, 5.41) is 45.6. The SMILES string of the molecule is C=C1NC(N)=Nc2c1n(C)c[n+]2[C@@H]1O[C@H](COP(=O)(O)OC[C@H](OP(=O)([O-])O)[C@@H](COP(=O)(O)OC[C@H]2O[C@@H]([n+]3cn(C)c4c(=O)[nH]c(N)nc43)[C@H](O)[C@@H]2O)OP(=O)([O-])O)[C@@H](O)[C@H]1O. The van der Waals surface area contributed by atoms with E-state index in [-0.39, 0.29) is 28.9 Å². The zero-order valence-electron chi connectivity index (χ0n) is 32.8. The number of aromatic amines is 1. The van der Waals surface area contributed by atoms with Gasteiger partial charge < -0.3 is 85.1 Å². The van der Waals surface area contributed by atoms with Crippen LogP contribution in [0.3, 0.4) is 0 Å². The number of hydrogen-bond donors (Lipinski definition) is 12. The Morgan fingerprint density at radius 3 is 1.77 bits per heavy atom. The highest BCUT2D eigenvalue weighted by Crippen LogP contribution is 2.49. The molecule has 64 heavy (non-hydrogen) atoms. The molecule has 6 rings (SSSR count). The van der Waals surface area contributed by atoms with Crippen molar-refractivity contribution in [2.75, 3.05) is 32.2 Å². The molecule has 3 aliphatic heterocycles. The summed E-state index contributed by atoms with van der Waals surface area (Å²) in [4.78, 5) is 85.9. The van der Waals surface area contributed by atoms with Gasteiger partial charge in [-0.3, -0.25) is 46.1 Å². The van der Waals surface area contributed by atoms with Gasteiger partial charge in [0, 0.05) is 0 Å². The van der Waals surface area contributed by atoms with Crippen LogP contribution in [-0.2, 0) is 69.0 Å². The van der Waals surface area contributed by atoms with Crippen molar-refractivity contribution in [3.63, 3.8) is 0 Å². The highest BCUT2D eigenvalue weighted by Gasteiger charge is 2.50. The number of phosphoric ester groups is 4. The Balaban J connectivity index is 1.09. The molecule has 0 bridgehead atoms. The van der Waals surface area contributed by atoms with Crippen LogP contribution in [0, 0.1) is 0 Å². The quantitative estimate of drug-likeness (QED) is 0.0392. The number of nitrogens with one attached hydrogen (secondary N) is 2. The molecule has 0 aliphatic carbocycles. The molecule has 0 radical (unpaired) electrons. The second-order valence-electron chi connectivity index (χ2n) is 14.1. The highest BCUT2D eigenvalue weighted by atomic mass is 31.2. The Morgan fingerprint density at radius 2 is 1.28 bits per heavy atom. The lowest BCUT2D eigenvalue weighted by Gasteiger charge is -2.33. The Labute approximate surface area is 357 Å². The van der Waals surface area contributed by atoms with Crippen LogP contribution in [0.25, 0.3) is 16.9 Å². The second-order valence-corrected chi connectivity index (χ2v) is 19.3. The fourth-order valence-electron chi connectivity index (χ4n) is 6.73. The van der Waals surface area contributed by atoms with Gasteiger partial charge in [0.05, 0.1) is 46.2 Å². The average Bonchev–Trinajstić information content (AvgIpc) is 3.85. The van der Waals surface area contributed by atoms with E-state index >= 15 is 0 Å². The van der Waals surface area contributed by atoms with Crippen LogP contribution in [0.2, 0.25) is 0 Å². The van der Waals surface area contributed by atoms with E-state index in [0.717, 1.165) is 4.57 Å². The second kappa shape index (κ2) is 18.7. The van der Waals surface area contributed by atoms with E-state index in [1.807, 2.05) is 0 Å². The van der Waals surface area contributed by atoms with Crippen LogP contribution >= 0.6 is 31.3 Å². The standard InChI is InChI=1S/C27H42N10O23P4/c1-10-15-21(31-26(28)30-10)36(8-34(15)2)24-19(40)17(38)13(57-24)6-55-63(49,50)53-4-11(59-61(43,44)45)12(60-62(46,47)48)5-54-64(51,52)56-7-14-18(39)20(41)25(58-14)37-9-35(3)16-22(37)32-27(29)33-23(16)42/h8-9,11-14,17-20,24-25,38-41H,1,4-7H2,2-3H3,(H10-2,28,29,30,31,32,33,42,43,44,45,46,47,48,49,50,51,52)/t11-,12+,13+,14+,17+,18+,19+,20+,24+,25+/m0/s1. The molecule has 37 heteroatoms. The van der Waals surface area contributed by atoms with Gasteiger partial charge in [-0.15, -0.1) is 0 Å². The van der Waals surface area contributed by atoms with E-state index in [0.29, 0.717) is 11.4 Å². The van der Waals surface area contributed by atoms with Gasteiger partial charge in [0.1, 0.15) is 48.8 Å². The monoisotopic (exact) mass is 998 g/mol. The number of aliphatic hydroxyl groups is 4. The summed E-state index contributed by atoms with van der Waals surface area (Å²) >= 11 is 0. The first-order chi connectivity index (χ1) is 29.5. The van der Waals surface area contributed by atoms with Crippen molar-refractivity contribution in [3.8, 4) is 0 Å². The van der Waals surface area contributed by atoms with Gasteiger partial charge >= 0.3 is 27.1 Å². The molecule has 3 aromatic heterocycles. The molecule has 358 valence electrons. The topological polar surface area (TPSA) is 490 Å². The Morgan fingerprint density at radius 1 is 0.812 bits per heavy atom. The number of nitrogens with zero attached hydrogens (tertiary/aromatic N) is 6. The van der Waals surface area contributed by atoms with Gasteiger partial charge in [0.2, 0.25) is 18.0 Å². The van der Waals surface area contributed by atoms with Crippen molar-refractivity contribution >= 4 is 65.9 Å². The molecular weight excluding hydrogens is 956 g/mol. The minimum Gasteiger partial charge on any atom is -0.756 e. The highest BCUT2D eigenvalue weighted by molar-refractivity contribution is 7.47. The number of imidazole rings is 2. The van der Waals surface area contributed by atoms with Crippen LogP contribution in [0.5, 0.6) is 0 Å². The number of nitrogen functional groups attached to an aromatic ring is 1. The van der Waals surface area contributed by atoms with E-state index < -0.39 is 125 Å². The number of anilines is 1. The molecule has 0 spiro atoms. The normalized spacial score (nSPS) is 29.6. The third kappa shape index (κ3) is 11.4. The number of aliphatic hydroxyl groups excluding tert-OH is 4. The van der Waals surface area contributed by atoms with Crippen molar-refractivity contribution in [3.05, 3.63) is 35.3 Å². The summed E-state index contributed by atoms with van der Waals surface area (Å²) in [6.07, 6.45) is -15.8. The first-order valence-electron chi connectivity index (χ1n) is 17.9. The number of H-pyrrole nitrogens is 1. The molecule has 4 unspecified atom stereocenters.